The first kappa shape index (κ1) is 18.0. The molecule has 1 aromatic rings. The fraction of sp³-hybridized carbons (Fsp3) is 0.714. The molecule has 2 aliphatic rings. The maximum absolute atomic E-state index is 12.9. The topological polar surface area (TPSA) is 98.4 Å². The van der Waals surface area contributed by atoms with Crippen LogP contribution in [0.1, 0.15) is 20.8 Å². The lowest BCUT2D eigenvalue weighted by molar-refractivity contribution is -0.169. The number of amides is 1. The van der Waals surface area contributed by atoms with E-state index in [-0.39, 0.29) is 17.3 Å². The second-order valence-electron chi connectivity index (χ2n) is 7.00. The number of thioether (sulfide) groups is 2. The first-order valence-corrected chi connectivity index (χ1v) is 10.3. The van der Waals surface area contributed by atoms with Crippen molar-refractivity contribution in [3.05, 3.63) is 6.20 Å². The van der Waals surface area contributed by atoms with Crippen LogP contribution in [0.15, 0.2) is 10.4 Å². The van der Waals surface area contributed by atoms with Crippen LogP contribution in [-0.2, 0) is 14.3 Å². The molecule has 0 saturated carbocycles. The van der Waals surface area contributed by atoms with E-state index in [1.807, 2.05) is 20.8 Å². The van der Waals surface area contributed by atoms with Gasteiger partial charge in [0.15, 0.2) is 0 Å². The molecule has 1 aromatic heterocycles. The molecule has 0 aliphatic carbocycles. The highest BCUT2D eigenvalue weighted by molar-refractivity contribution is 8.01. The van der Waals surface area contributed by atoms with Crippen molar-refractivity contribution in [2.24, 2.45) is 11.1 Å². The van der Waals surface area contributed by atoms with Crippen molar-refractivity contribution < 1.29 is 14.3 Å². The van der Waals surface area contributed by atoms with E-state index >= 15 is 0 Å². The zero-order valence-corrected chi connectivity index (χ0v) is 16.2. The minimum absolute atomic E-state index is 0.0249. The van der Waals surface area contributed by atoms with Gasteiger partial charge in [0.2, 0.25) is 5.91 Å². The number of carbonyl (C=O) groups excluding carboxylic acids is 2. The number of aromatic nitrogens is 2. The van der Waals surface area contributed by atoms with E-state index in [9.17, 15) is 9.59 Å². The number of hydrogen-bond acceptors (Lipinski definition) is 9. The third kappa shape index (κ3) is 3.42. The van der Waals surface area contributed by atoms with Gasteiger partial charge in [0, 0.05) is 18.1 Å². The van der Waals surface area contributed by atoms with Crippen LogP contribution in [0, 0.1) is 5.41 Å². The van der Waals surface area contributed by atoms with Crippen molar-refractivity contribution in [3.8, 4) is 0 Å². The Morgan fingerprint density at radius 1 is 1.58 bits per heavy atom. The minimum atomic E-state index is -0.751. The predicted octanol–water partition coefficient (Wildman–Crippen LogP) is 1.20. The van der Waals surface area contributed by atoms with E-state index < -0.39 is 17.1 Å². The number of β-lactam (4-membered cyclic amide) rings is 1. The Hall–Kier alpha value is -0.840. The number of nitrogens with zero attached hydrogens (tertiary/aromatic N) is 3. The molecule has 0 bridgehead atoms. The first-order valence-electron chi connectivity index (χ1n) is 7.53. The zero-order chi connectivity index (χ0) is 17.5. The predicted molar refractivity (Wildman–Crippen MR) is 94.8 cm³/mol. The molecule has 1 amide bonds. The Balaban J connectivity index is 1.78. The molecular formula is C14H20N4O3S3. The summed E-state index contributed by atoms with van der Waals surface area (Å²) in [5.41, 5.74) is 4.52. The van der Waals surface area contributed by atoms with Crippen molar-refractivity contribution in [2.45, 2.75) is 42.0 Å². The lowest BCUT2D eigenvalue weighted by atomic mass is 9.89. The fourth-order valence-corrected chi connectivity index (χ4v) is 5.84. The van der Waals surface area contributed by atoms with Gasteiger partial charge < -0.3 is 15.4 Å². The molecule has 0 radical (unpaired) electrons. The SMILES string of the molecule is CC(C)(C)OC(=O)C1(CSc2cnns2)CS[C@@H]2C(N)C(=O)N2C1. The van der Waals surface area contributed by atoms with Gasteiger partial charge in [0.25, 0.3) is 0 Å². The van der Waals surface area contributed by atoms with Crippen molar-refractivity contribution in [1.82, 2.24) is 14.5 Å². The number of nitrogens with two attached hydrogens (primary N) is 1. The van der Waals surface area contributed by atoms with Gasteiger partial charge in [-0.1, -0.05) is 4.49 Å². The maximum atomic E-state index is 12.9. The molecule has 2 fully saturated rings. The molecule has 0 spiro atoms. The van der Waals surface area contributed by atoms with Crippen LogP contribution in [0.2, 0.25) is 0 Å². The molecule has 2 saturated heterocycles. The molecule has 3 atom stereocenters. The summed E-state index contributed by atoms with van der Waals surface area (Å²) in [5.74, 6) is 0.747. The van der Waals surface area contributed by atoms with Crippen LogP contribution in [0.5, 0.6) is 0 Å². The average Bonchev–Trinajstić information content (AvgIpc) is 3.03. The van der Waals surface area contributed by atoms with Gasteiger partial charge in [-0.15, -0.1) is 28.6 Å². The normalized spacial score (nSPS) is 29.8. The van der Waals surface area contributed by atoms with Crippen LogP contribution in [0.4, 0.5) is 0 Å². The Labute approximate surface area is 153 Å². The van der Waals surface area contributed by atoms with Crippen molar-refractivity contribution in [3.63, 3.8) is 0 Å². The molecule has 10 heteroatoms. The maximum Gasteiger partial charge on any atom is 0.316 e. The second-order valence-corrected chi connectivity index (χ2v) is 10.2. The van der Waals surface area contributed by atoms with Gasteiger partial charge >= 0.3 is 5.97 Å². The third-order valence-electron chi connectivity index (χ3n) is 3.85. The molecule has 2 unspecified atom stereocenters. The Morgan fingerprint density at radius 3 is 2.96 bits per heavy atom. The van der Waals surface area contributed by atoms with Crippen LogP contribution in [0.25, 0.3) is 0 Å². The Kier molecular flexibility index (Phi) is 4.84. The van der Waals surface area contributed by atoms with E-state index in [0.717, 1.165) is 4.21 Å². The number of ether oxygens (including phenoxy) is 1. The fourth-order valence-electron chi connectivity index (χ4n) is 2.62. The quantitative estimate of drug-likeness (QED) is 0.467. The standard InChI is InChI=1S/C14H20N4O3S3/c1-13(2,3)21-12(20)14(6-22-8-4-16-17-24-8)5-18-10(19)9(15)11(18)23-7-14/h4,9,11H,5-7,15H2,1-3H3/t9?,11-,14?/m1/s1. The van der Waals surface area contributed by atoms with Gasteiger partial charge in [-0.3, -0.25) is 9.59 Å². The van der Waals surface area contributed by atoms with Gasteiger partial charge in [-0.2, -0.15) is 0 Å². The number of carbonyl (C=O) groups is 2. The molecule has 3 heterocycles. The first-order chi connectivity index (χ1) is 11.2. The highest BCUT2D eigenvalue weighted by atomic mass is 32.2. The molecule has 3 rings (SSSR count). The third-order valence-corrected chi connectivity index (χ3v) is 7.58. The summed E-state index contributed by atoms with van der Waals surface area (Å²) >= 11 is 4.38. The molecule has 24 heavy (non-hydrogen) atoms. The van der Waals surface area contributed by atoms with E-state index in [0.29, 0.717) is 18.1 Å². The summed E-state index contributed by atoms with van der Waals surface area (Å²) in [6.45, 7) is 5.90. The van der Waals surface area contributed by atoms with Crippen molar-refractivity contribution in [2.75, 3.05) is 18.1 Å². The van der Waals surface area contributed by atoms with E-state index in [4.69, 9.17) is 10.5 Å². The Morgan fingerprint density at radius 2 is 2.33 bits per heavy atom. The van der Waals surface area contributed by atoms with Crippen LogP contribution >= 0.6 is 35.1 Å². The molecule has 0 aromatic carbocycles. The van der Waals surface area contributed by atoms with E-state index in [1.54, 1.807) is 22.9 Å². The number of esters is 1. The summed E-state index contributed by atoms with van der Waals surface area (Å²) in [7, 11) is 0. The summed E-state index contributed by atoms with van der Waals surface area (Å²) < 4.78 is 10.4. The second kappa shape index (κ2) is 6.47. The summed E-state index contributed by atoms with van der Waals surface area (Å²) in [6.07, 6.45) is 1.68. The number of hydrogen-bond donors (Lipinski definition) is 1. The summed E-state index contributed by atoms with van der Waals surface area (Å²) in [6, 6.07) is -0.454. The monoisotopic (exact) mass is 388 g/mol. The highest BCUT2D eigenvalue weighted by Crippen LogP contribution is 2.45. The van der Waals surface area contributed by atoms with Crippen molar-refractivity contribution >= 4 is 46.9 Å². The van der Waals surface area contributed by atoms with Crippen LogP contribution in [-0.4, -0.2) is 61.4 Å². The van der Waals surface area contributed by atoms with Crippen LogP contribution < -0.4 is 5.73 Å². The van der Waals surface area contributed by atoms with E-state index in [1.165, 1.54) is 23.3 Å². The lowest BCUT2D eigenvalue weighted by Gasteiger charge is -2.53. The van der Waals surface area contributed by atoms with Gasteiger partial charge in [-0.25, -0.2) is 0 Å². The molecule has 132 valence electrons. The molecule has 7 nitrogen and oxygen atoms in total. The molecule has 2 aliphatic heterocycles. The highest BCUT2D eigenvalue weighted by Gasteiger charge is 2.56. The van der Waals surface area contributed by atoms with Gasteiger partial charge in [-0.05, 0) is 32.3 Å². The molecular weight excluding hydrogens is 368 g/mol. The number of rotatable bonds is 4. The van der Waals surface area contributed by atoms with E-state index in [2.05, 4.69) is 9.59 Å². The van der Waals surface area contributed by atoms with Crippen LogP contribution in [0.3, 0.4) is 0 Å². The lowest BCUT2D eigenvalue weighted by Crippen LogP contribution is -2.72. The largest absolute Gasteiger partial charge is 0.459 e. The zero-order valence-electron chi connectivity index (χ0n) is 13.7. The molecule has 2 N–H and O–H groups in total. The van der Waals surface area contributed by atoms with Crippen molar-refractivity contribution in [1.29, 1.82) is 0 Å². The summed E-state index contributed by atoms with van der Waals surface area (Å²) in [4.78, 5) is 26.7. The smallest absolute Gasteiger partial charge is 0.316 e. The van der Waals surface area contributed by atoms with Gasteiger partial charge in [0.05, 0.1) is 6.20 Å². The Bertz CT molecular complexity index is 634. The average molecular weight is 389 g/mol. The minimum Gasteiger partial charge on any atom is -0.459 e. The summed E-state index contributed by atoms with van der Waals surface area (Å²) in [5, 5.41) is 3.79. The number of fused-ring (bicyclic) bond motifs is 1. The van der Waals surface area contributed by atoms with Gasteiger partial charge in [0.1, 0.15) is 26.6 Å².